The van der Waals surface area contributed by atoms with Crippen molar-refractivity contribution in [2.24, 2.45) is 0 Å². The Kier molecular flexibility index (Phi) is 4.60. The van der Waals surface area contributed by atoms with Crippen LogP contribution >= 0.6 is 22.9 Å². The lowest BCUT2D eigenvalue weighted by atomic mass is 10.2. The summed E-state index contributed by atoms with van der Waals surface area (Å²) < 4.78 is 12.7. The van der Waals surface area contributed by atoms with E-state index in [0.717, 1.165) is 15.3 Å². The molecule has 0 spiro atoms. The van der Waals surface area contributed by atoms with E-state index in [1.165, 1.54) is 11.3 Å². The fraction of sp³-hybridized carbons (Fsp3) is 0.500. The van der Waals surface area contributed by atoms with Gasteiger partial charge in [0, 0.05) is 13.1 Å². The third kappa shape index (κ3) is 3.10. The van der Waals surface area contributed by atoms with E-state index in [0.29, 0.717) is 16.5 Å². The Balaban J connectivity index is 2.64. The molecule has 0 saturated carbocycles. The summed E-state index contributed by atoms with van der Waals surface area (Å²) in [5.41, 5.74) is 0.743. The van der Waals surface area contributed by atoms with Crippen molar-refractivity contribution in [2.75, 3.05) is 12.4 Å². The summed E-state index contributed by atoms with van der Waals surface area (Å²) in [6.45, 7) is 7.92. The van der Waals surface area contributed by atoms with E-state index in [1.807, 2.05) is 34.7 Å². The maximum absolute atomic E-state index is 6.31. The summed E-state index contributed by atoms with van der Waals surface area (Å²) in [6, 6.07) is 1.78. The third-order valence-electron chi connectivity index (χ3n) is 2.47. The van der Waals surface area contributed by atoms with Crippen molar-refractivity contribution >= 4 is 38.3 Å². The molecular weight excluding hydrogens is 296 g/mol. The van der Waals surface area contributed by atoms with Crippen LogP contribution in [-0.2, 0) is 0 Å². The Morgan fingerprint density at radius 1 is 1.20 bits per heavy atom. The lowest BCUT2D eigenvalue weighted by Crippen LogP contribution is -2.11. The highest BCUT2D eigenvalue weighted by Crippen LogP contribution is 2.44. The predicted octanol–water partition coefficient (Wildman–Crippen LogP) is 4.57. The number of nitrogens with zero attached hydrogens (tertiary/aromatic N) is 1. The van der Waals surface area contributed by atoms with Crippen LogP contribution in [0.3, 0.4) is 0 Å². The molecule has 6 heteroatoms. The Morgan fingerprint density at radius 3 is 2.40 bits per heavy atom. The van der Waals surface area contributed by atoms with Gasteiger partial charge in [0.1, 0.15) is 10.2 Å². The van der Waals surface area contributed by atoms with E-state index < -0.39 is 0 Å². The summed E-state index contributed by atoms with van der Waals surface area (Å²) in [4.78, 5) is 4.46. The molecule has 0 bridgehead atoms. The topological polar surface area (TPSA) is 43.4 Å². The summed E-state index contributed by atoms with van der Waals surface area (Å²) in [5, 5.41) is 4.41. The van der Waals surface area contributed by atoms with Crippen LogP contribution in [0.2, 0.25) is 5.02 Å². The molecule has 1 aromatic heterocycles. The molecule has 4 nitrogen and oxygen atoms in total. The van der Waals surface area contributed by atoms with Gasteiger partial charge in [0.25, 0.3) is 0 Å². The van der Waals surface area contributed by atoms with Gasteiger partial charge in [-0.15, -0.1) is 0 Å². The van der Waals surface area contributed by atoms with Gasteiger partial charge in [-0.25, -0.2) is 4.98 Å². The SMILES string of the molecule is CNc1nc2c(Cl)cc(OC(C)C)c(OC(C)C)c2s1. The molecule has 1 N–H and O–H groups in total. The number of benzene rings is 1. The van der Waals surface area contributed by atoms with Gasteiger partial charge in [0.2, 0.25) is 0 Å². The quantitative estimate of drug-likeness (QED) is 0.878. The van der Waals surface area contributed by atoms with Gasteiger partial charge in [-0.1, -0.05) is 22.9 Å². The first-order valence-corrected chi connectivity index (χ1v) is 7.76. The van der Waals surface area contributed by atoms with Crippen LogP contribution < -0.4 is 14.8 Å². The highest BCUT2D eigenvalue weighted by molar-refractivity contribution is 7.22. The molecule has 0 aliphatic heterocycles. The van der Waals surface area contributed by atoms with Gasteiger partial charge < -0.3 is 14.8 Å². The fourth-order valence-corrected chi connectivity index (χ4v) is 3.01. The second-order valence-corrected chi connectivity index (χ2v) is 6.37. The first-order valence-electron chi connectivity index (χ1n) is 6.56. The molecule has 1 aromatic carbocycles. The van der Waals surface area contributed by atoms with Crippen LogP contribution in [0.15, 0.2) is 6.07 Å². The maximum Gasteiger partial charge on any atom is 0.183 e. The Labute approximate surface area is 128 Å². The summed E-state index contributed by atoms with van der Waals surface area (Å²) >= 11 is 7.81. The molecule has 0 aliphatic carbocycles. The van der Waals surface area contributed by atoms with Crippen LogP contribution in [0.4, 0.5) is 5.13 Å². The molecule has 0 radical (unpaired) electrons. The second-order valence-electron chi connectivity index (χ2n) is 4.97. The van der Waals surface area contributed by atoms with Gasteiger partial charge in [-0.05, 0) is 27.7 Å². The molecule has 110 valence electrons. The molecule has 0 atom stereocenters. The zero-order valence-corrected chi connectivity index (χ0v) is 13.9. The number of halogens is 1. The average molecular weight is 315 g/mol. The van der Waals surface area contributed by atoms with Crippen molar-refractivity contribution in [1.82, 2.24) is 4.98 Å². The Bertz CT molecular complexity index is 611. The number of thiazole rings is 1. The first kappa shape index (κ1) is 15.2. The number of fused-ring (bicyclic) bond motifs is 1. The number of rotatable bonds is 5. The zero-order chi connectivity index (χ0) is 14.9. The molecule has 0 amide bonds. The average Bonchev–Trinajstić information content (AvgIpc) is 2.77. The van der Waals surface area contributed by atoms with Gasteiger partial charge in [-0.2, -0.15) is 0 Å². The van der Waals surface area contributed by atoms with Crippen LogP contribution in [0.5, 0.6) is 11.5 Å². The Hall–Kier alpha value is -1.20. The maximum atomic E-state index is 6.31. The minimum absolute atomic E-state index is 0.0500. The van der Waals surface area contributed by atoms with E-state index in [9.17, 15) is 0 Å². The number of hydrogen-bond acceptors (Lipinski definition) is 5. The molecule has 0 fully saturated rings. The number of ether oxygens (including phenoxy) is 2. The minimum atomic E-state index is 0.0500. The number of anilines is 1. The van der Waals surface area contributed by atoms with E-state index in [2.05, 4.69) is 10.3 Å². The second kappa shape index (κ2) is 6.06. The van der Waals surface area contributed by atoms with E-state index in [-0.39, 0.29) is 12.2 Å². The molecule has 0 saturated heterocycles. The fourth-order valence-electron chi connectivity index (χ4n) is 1.79. The summed E-state index contributed by atoms with van der Waals surface area (Å²) in [7, 11) is 1.83. The highest BCUT2D eigenvalue weighted by Gasteiger charge is 2.20. The normalized spacial score (nSPS) is 11.4. The van der Waals surface area contributed by atoms with Crippen LogP contribution in [0, 0.1) is 0 Å². The molecule has 0 aliphatic rings. The lowest BCUT2D eigenvalue weighted by Gasteiger charge is -2.17. The zero-order valence-electron chi connectivity index (χ0n) is 12.3. The van der Waals surface area contributed by atoms with Crippen LogP contribution in [0.25, 0.3) is 10.2 Å². The monoisotopic (exact) mass is 314 g/mol. The third-order valence-corrected chi connectivity index (χ3v) is 3.83. The van der Waals surface area contributed by atoms with Crippen molar-refractivity contribution in [2.45, 2.75) is 39.9 Å². The van der Waals surface area contributed by atoms with Gasteiger partial charge in [-0.3, -0.25) is 0 Å². The minimum Gasteiger partial charge on any atom is -0.487 e. The summed E-state index contributed by atoms with van der Waals surface area (Å²) in [5.74, 6) is 1.38. The Morgan fingerprint density at radius 2 is 1.85 bits per heavy atom. The van der Waals surface area contributed by atoms with Crippen molar-refractivity contribution in [3.05, 3.63) is 11.1 Å². The smallest absolute Gasteiger partial charge is 0.183 e. The largest absolute Gasteiger partial charge is 0.487 e. The number of aromatic nitrogens is 1. The van der Waals surface area contributed by atoms with E-state index in [1.54, 1.807) is 6.07 Å². The molecule has 1 heterocycles. The van der Waals surface area contributed by atoms with Crippen molar-refractivity contribution in [3.63, 3.8) is 0 Å². The number of nitrogens with one attached hydrogen (secondary N) is 1. The molecule has 20 heavy (non-hydrogen) atoms. The van der Waals surface area contributed by atoms with Gasteiger partial charge in [0.05, 0.1) is 17.2 Å². The van der Waals surface area contributed by atoms with Crippen molar-refractivity contribution < 1.29 is 9.47 Å². The lowest BCUT2D eigenvalue weighted by molar-refractivity contribution is 0.201. The van der Waals surface area contributed by atoms with Crippen molar-refractivity contribution in [1.29, 1.82) is 0 Å². The highest BCUT2D eigenvalue weighted by atomic mass is 35.5. The molecule has 2 aromatic rings. The van der Waals surface area contributed by atoms with Crippen LogP contribution in [0.1, 0.15) is 27.7 Å². The van der Waals surface area contributed by atoms with E-state index in [4.69, 9.17) is 21.1 Å². The van der Waals surface area contributed by atoms with Crippen molar-refractivity contribution in [3.8, 4) is 11.5 Å². The first-order chi connectivity index (χ1) is 9.42. The van der Waals surface area contributed by atoms with Gasteiger partial charge >= 0.3 is 0 Å². The molecular formula is C14H19ClN2O2S. The molecule has 2 rings (SSSR count). The number of hydrogen-bond donors (Lipinski definition) is 1. The predicted molar refractivity (Wildman–Crippen MR) is 85.7 cm³/mol. The van der Waals surface area contributed by atoms with Crippen LogP contribution in [-0.4, -0.2) is 24.2 Å². The summed E-state index contributed by atoms with van der Waals surface area (Å²) in [6.07, 6.45) is 0.101. The standard InChI is InChI=1S/C14H19ClN2O2S/c1-7(2)18-10-6-9(15)11-13(12(10)19-8(3)4)20-14(16-5)17-11/h6-8H,1-5H3,(H,16,17). The molecule has 0 unspecified atom stereocenters. The van der Waals surface area contributed by atoms with E-state index >= 15 is 0 Å². The van der Waals surface area contributed by atoms with Gasteiger partial charge in [0.15, 0.2) is 16.6 Å².